The summed E-state index contributed by atoms with van der Waals surface area (Å²) in [6.07, 6.45) is 3.72. The molecule has 1 atom stereocenters. The van der Waals surface area contributed by atoms with E-state index in [4.69, 9.17) is 0 Å². The molecule has 0 aliphatic rings. The Labute approximate surface area is 123 Å². The van der Waals surface area contributed by atoms with Crippen LogP contribution < -0.4 is 10.6 Å². The van der Waals surface area contributed by atoms with E-state index in [1.165, 1.54) is 19.3 Å². The third-order valence-electron chi connectivity index (χ3n) is 3.33. The number of nitrogens with one attached hydrogen (secondary N) is 2. The van der Waals surface area contributed by atoms with Crippen molar-refractivity contribution in [1.82, 2.24) is 9.97 Å². The molecule has 2 N–H and O–H groups in total. The fourth-order valence-electron chi connectivity index (χ4n) is 2.08. The van der Waals surface area contributed by atoms with E-state index in [1.807, 2.05) is 13.1 Å². The summed E-state index contributed by atoms with van der Waals surface area (Å²) in [4.78, 5) is 9.08. The molecule has 0 fully saturated rings. The summed E-state index contributed by atoms with van der Waals surface area (Å²) in [5.74, 6) is 3.80. The lowest BCUT2D eigenvalue weighted by molar-refractivity contribution is 0.520. The maximum absolute atomic E-state index is 4.60. The minimum atomic E-state index is 0.333. The van der Waals surface area contributed by atoms with Crippen LogP contribution in [0.4, 0.5) is 11.6 Å². The van der Waals surface area contributed by atoms with E-state index in [9.17, 15) is 0 Å². The van der Waals surface area contributed by atoms with Crippen molar-refractivity contribution in [2.24, 2.45) is 5.92 Å². The molecule has 0 radical (unpaired) electrons. The Morgan fingerprint density at radius 2 is 1.65 bits per heavy atom. The van der Waals surface area contributed by atoms with Gasteiger partial charge in [0.1, 0.15) is 17.5 Å². The molecule has 0 bridgehead atoms. The molecule has 1 rings (SSSR count). The van der Waals surface area contributed by atoms with Crippen LogP contribution in [0.3, 0.4) is 0 Å². The van der Waals surface area contributed by atoms with Gasteiger partial charge in [-0.05, 0) is 19.3 Å². The topological polar surface area (TPSA) is 49.8 Å². The molecule has 114 valence electrons. The van der Waals surface area contributed by atoms with Crippen LogP contribution in [-0.2, 0) is 0 Å². The normalized spacial score (nSPS) is 12.8. The van der Waals surface area contributed by atoms with E-state index in [2.05, 4.69) is 55.2 Å². The molecule has 0 aliphatic heterocycles. The van der Waals surface area contributed by atoms with Gasteiger partial charge in [0.15, 0.2) is 0 Å². The second-order valence-electron chi connectivity index (χ2n) is 6.27. The molecular formula is C16H30N4. The summed E-state index contributed by atoms with van der Waals surface area (Å²) >= 11 is 0. The quantitative estimate of drug-likeness (QED) is 0.745. The van der Waals surface area contributed by atoms with Gasteiger partial charge in [-0.1, -0.05) is 40.5 Å². The molecule has 1 aromatic rings. The molecule has 1 unspecified atom stereocenters. The van der Waals surface area contributed by atoms with Gasteiger partial charge in [-0.15, -0.1) is 0 Å². The minimum absolute atomic E-state index is 0.333. The summed E-state index contributed by atoms with van der Waals surface area (Å²) in [5, 5.41) is 6.60. The van der Waals surface area contributed by atoms with Crippen molar-refractivity contribution in [1.29, 1.82) is 0 Å². The Hall–Kier alpha value is -1.32. The molecule has 1 aromatic heterocycles. The second-order valence-corrected chi connectivity index (χ2v) is 6.27. The van der Waals surface area contributed by atoms with E-state index < -0.39 is 0 Å². The van der Waals surface area contributed by atoms with Gasteiger partial charge >= 0.3 is 0 Å². The van der Waals surface area contributed by atoms with Gasteiger partial charge in [0.25, 0.3) is 0 Å². The van der Waals surface area contributed by atoms with Gasteiger partial charge in [-0.25, -0.2) is 9.97 Å². The standard InChI is InChI=1S/C16H30N4/c1-11(2)8-7-9-13(5)18-15-10-14(17-6)19-16(20-15)12(3)4/h10-13H,7-9H2,1-6H3,(H2,17,18,19,20). The lowest BCUT2D eigenvalue weighted by Gasteiger charge is -2.17. The van der Waals surface area contributed by atoms with Crippen LogP contribution in [-0.4, -0.2) is 23.1 Å². The van der Waals surface area contributed by atoms with Crippen molar-refractivity contribution >= 4 is 11.6 Å². The Morgan fingerprint density at radius 1 is 1.00 bits per heavy atom. The highest BCUT2D eigenvalue weighted by molar-refractivity contribution is 5.47. The fraction of sp³-hybridized carbons (Fsp3) is 0.750. The second kappa shape index (κ2) is 8.08. The van der Waals surface area contributed by atoms with Crippen molar-refractivity contribution in [3.05, 3.63) is 11.9 Å². The molecule has 1 heterocycles. The monoisotopic (exact) mass is 278 g/mol. The number of aromatic nitrogens is 2. The molecular weight excluding hydrogens is 248 g/mol. The zero-order chi connectivity index (χ0) is 15.1. The van der Waals surface area contributed by atoms with Gasteiger partial charge in [0.2, 0.25) is 0 Å². The van der Waals surface area contributed by atoms with E-state index in [1.54, 1.807) is 0 Å². The zero-order valence-corrected chi connectivity index (χ0v) is 13.8. The zero-order valence-electron chi connectivity index (χ0n) is 13.8. The SMILES string of the molecule is CNc1cc(NC(C)CCCC(C)C)nc(C(C)C)n1. The maximum atomic E-state index is 4.60. The number of hydrogen-bond donors (Lipinski definition) is 2. The minimum Gasteiger partial charge on any atom is -0.373 e. The summed E-state index contributed by atoms with van der Waals surface area (Å²) in [7, 11) is 1.89. The lowest BCUT2D eigenvalue weighted by atomic mass is 10.0. The first-order chi connectivity index (χ1) is 9.42. The van der Waals surface area contributed by atoms with Gasteiger partial charge in [0, 0.05) is 25.1 Å². The molecule has 0 aliphatic carbocycles. The highest BCUT2D eigenvalue weighted by atomic mass is 15.1. The largest absolute Gasteiger partial charge is 0.373 e. The van der Waals surface area contributed by atoms with Crippen molar-refractivity contribution in [3.63, 3.8) is 0 Å². The highest BCUT2D eigenvalue weighted by Crippen LogP contribution is 2.18. The van der Waals surface area contributed by atoms with Gasteiger partial charge < -0.3 is 10.6 Å². The highest BCUT2D eigenvalue weighted by Gasteiger charge is 2.09. The van der Waals surface area contributed by atoms with Crippen LogP contribution in [0.5, 0.6) is 0 Å². The van der Waals surface area contributed by atoms with Crippen molar-refractivity contribution < 1.29 is 0 Å². The van der Waals surface area contributed by atoms with Crippen LogP contribution in [0.25, 0.3) is 0 Å². The first kappa shape index (κ1) is 16.7. The summed E-state index contributed by atoms with van der Waals surface area (Å²) < 4.78 is 0. The molecule has 0 saturated heterocycles. The number of nitrogens with zero attached hydrogens (tertiary/aromatic N) is 2. The third kappa shape index (κ3) is 5.76. The average molecular weight is 278 g/mol. The molecule has 0 spiro atoms. The van der Waals surface area contributed by atoms with Crippen LogP contribution in [0, 0.1) is 5.92 Å². The van der Waals surface area contributed by atoms with E-state index in [0.717, 1.165) is 23.4 Å². The van der Waals surface area contributed by atoms with Crippen LogP contribution in [0.1, 0.15) is 65.6 Å². The van der Waals surface area contributed by atoms with Crippen molar-refractivity contribution in [2.75, 3.05) is 17.7 Å². The summed E-state index contributed by atoms with van der Waals surface area (Å²) in [6, 6.07) is 2.42. The maximum Gasteiger partial charge on any atom is 0.135 e. The van der Waals surface area contributed by atoms with Crippen LogP contribution in [0.2, 0.25) is 0 Å². The Balaban J connectivity index is 2.63. The predicted molar refractivity (Wildman–Crippen MR) is 87.4 cm³/mol. The Kier molecular flexibility index (Phi) is 6.76. The van der Waals surface area contributed by atoms with Gasteiger partial charge in [0.05, 0.1) is 0 Å². The number of rotatable bonds is 8. The number of anilines is 2. The smallest absolute Gasteiger partial charge is 0.135 e. The van der Waals surface area contributed by atoms with E-state index in [0.29, 0.717) is 12.0 Å². The molecule has 0 saturated carbocycles. The third-order valence-corrected chi connectivity index (χ3v) is 3.33. The first-order valence-electron chi connectivity index (χ1n) is 7.75. The lowest BCUT2D eigenvalue weighted by Crippen LogP contribution is -2.17. The van der Waals surface area contributed by atoms with Crippen molar-refractivity contribution in [3.8, 4) is 0 Å². The molecule has 0 amide bonds. The molecule has 0 aromatic carbocycles. The van der Waals surface area contributed by atoms with Crippen molar-refractivity contribution in [2.45, 2.75) is 65.8 Å². The molecule has 20 heavy (non-hydrogen) atoms. The van der Waals surface area contributed by atoms with Gasteiger partial charge in [-0.2, -0.15) is 0 Å². The molecule has 4 nitrogen and oxygen atoms in total. The summed E-state index contributed by atoms with van der Waals surface area (Å²) in [5.41, 5.74) is 0. The fourth-order valence-corrected chi connectivity index (χ4v) is 2.08. The summed E-state index contributed by atoms with van der Waals surface area (Å²) in [6.45, 7) is 11.0. The first-order valence-corrected chi connectivity index (χ1v) is 7.75. The Bertz CT molecular complexity index is 401. The van der Waals surface area contributed by atoms with Crippen LogP contribution >= 0.6 is 0 Å². The average Bonchev–Trinajstić information content (AvgIpc) is 2.37. The Morgan fingerprint density at radius 3 is 2.20 bits per heavy atom. The van der Waals surface area contributed by atoms with Gasteiger partial charge in [-0.3, -0.25) is 0 Å². The molecule has 4 heteroatoms. The predicted octanol–water partition coefficient (Wildman–Crippen LogP) is 4.27. The van der Waals surface area contributed by atoms with E-state index in [-0.39, 0.29) is 0 Å². The van der Waals surface area contributed by atoms with Crippen LogP contribution in [0.15, 0.2) is 6.07 Å². The number of hydrogen-bond acceptors (Lipinski definition) is 4. The van der Waals surface area contributed by atoms with E-state index >= 15 is 0 Å².